The molecule has 10 heteroatoms. The number of anilines is 2. The molecule has 1 atom stereocenters. The van der Waals surface area contributed by atoms with E-state index in [2.05, 4.69) is 20.9 Å². The highest BCUT2D eigenvalue weighted by atomic mass is 35.5. The molecule has 1 aromatic rings. The van der Waals surface area contributed by atoms with Gasteiger partial charge in [-0.3, -0.25) is 14.5 Å². The van der Waals surface area contributed by atoms with Gasteiger partial charge in [0, 0.05) is 31.7 Å². The number of hydrogen-bond acceptors (Lipinski definition) is 5. The fourth-order valence-corrected chi connectivity index (χ4v) is 3.13. The molecule has 0 aliphatic carbocycles. The van der Waals surface area contributed by atoms with Crippen molar-refractivity contribution in [3.05, 3.63) is 24.0 Å². The van der Waals surface area contributed by atoms with Crippen molar-refractivity contribution in [2.24, 2.45) is 0 Å². The van der Waals surface area contributed by atoms with Crippen LogP contribution in [-0.2, 0) is 14.3 Å². The Morgan fingerprint density at radius 1 is 1.21 bits per heavy atom. The Balaban J connectivity index is 0.00000196. The van der Waals surface area contributed by atoms with E-state index in [1.807, 2.05) is 0 Å². The van der Waals surface area contributed by atoms with Crippen LogP contribution in [0.4, 0.5) is 15.8 Å². The van der Waals surface area contributed by atoms with Gasteiger partial charge in [0.15, 0.2) is 0 Å². The van der Waals surface area contributed by atoms with Crippen LogP contribution in [0.3, 0.4) is 0 Å². The summed E-state index contributed by atoms with van der Waals surface area (Å²) in [5, 5.41) is 8.47. The second-order valence-electron chi connectivity index (χ2n) is 6.59. The summed E-state index contributed by atoms with van der Waals surface area (Å²) < 4.78 is 19.3. The molecule has 0 aromatic heterocycles. The summed E-state index contributed by atoms with van der Waals surface area (Å²) in [6, 6.07) is 3.97. The molecular weight excluding hydrogens is 410 g/mol. The molecule has 3 rings (SSSR count). The van der Waals surface area contributed by atoms with Gasteiger partial charge < -0.3 is 20.7 Å². The van der Waals surface area contributed by atoms with Gasteiger partial charge in [-0.25, -0.2) is 4.39 Å². The molecule has 0 bridgehead atoms. The van der Waals surface area contributed by atoms with E-state index in [9.17, 15) is 14.0 Å². The van der Waals surface area contributed by atoms with Gasteiger partial charge in [-0.1, -0.05) is 0 Å². The summed E-state index contributed by atoms with van der Waals surface area (Å²) in [7, 11) is 0. The number of hydrogen-bond donors (Lipinski definition) is 3. The predicted octanol–water partition coefficient (Wildman–Crippen LogP) is 2.02. The van der Waals surface area contributed by atoms with E-state index in [1.165, 1.54) is 18.2 Å². The number of ether oxygens (including phenoxy) is 1. The number of nitrogens with one attached hydrogen (secondary N) is 3. The van der Waals surface area contributed by atoms with E-state index in [-0.39, 0.29) is 54.8 Å². The molecular formula is C18H27Cl2FN4O3. The molecule has 2 aliphatic rings. The SMILES string of the molecule is Cl.Cl.O=C(CCN1CCOCC1)Nc1cc(NC(=O)C2CCCN2)ccc1F. The van der Waals surface area contributed by atoms with Gasteiger partial charge in [-0.2, -0.15) is 0 Å². The van der Waals surface area contributed by atoms with Crippen molar-refractivity contribution in [3.8, 4) is 0 Å². The standard InChI is InChI=1S/C18H25FN4O3.2ClH/c19-14-4-3-13(21-18(25)15-2-1-6-20-15)12-16(14)22-17(24)5-7-23-8-10-26-11-9-23;;/h3-4,12,15,20H,1-2,5-11H2,(H,21,25)(H,22,24);2*1H. The van der Waals surface area contributed by atoms with E-state index in [0.717, 1.165) is 32.5 Å². The summed E-state index contributed by atoms with van der Waals surface area (Å²) in [6.45, 7) is 4.39. The first-order chi connectivity index (χ1) is 12.6. The Hall–Kier alpha value is -1.45. The lowest BCUT2D eigenvalue weighted by atomic mass is 10.2. The number of amides is 2. The molecule has 0 saturated carbocycles. The van der Waals surface area contributed by atoms with Crippen LogP contribution in [0.1, 0.15) is 19.3 Å². The van der Waals surface area contributed by atoms with Crippen LogP contribution >= 0.6 is 24.8 Å². The van der Waals surface area contributed by atoms with E-state index in [4.69, 9.17) is 4.74 Å². The third-order valence-electron chi connectivity index (χ3n) is 4.64. The molecule has 2 aliphatic heterocycles. The molecule has 2 amide bonds. The van der Waals surface area contributed by atoms with Crippen LogP contribution in [0.15, 0.2) is 18.2 Å². The Labute approximate surface area is 176 Å². The van der Waals surface area contributed by atoms with Crippen molar-refractivity contribution < 1.29 is 18.7 Å². The van der Waals surface area contributed by atoms with Gasteiger partial charge in [-0.05, 0) is 37.6 Å². The second-order valence-corrected chi connectivity index (χ2v) is 6.59. The summed E-state index contributed by atoms with van der Waals surface area (Å²) in [5.41, 5.74) is 0.544. The molecule has 0 spiro atoms. The minimum absolute atomic E-state index is 0. The molecule has 7 nitrogen and oxygen atoms in total. The number of nitrogens with zero attached hydrogens (tertiary/aromatic N) is 1. The van der Waals surface area contributed by atoms with E-state index in [1.54, 1.807) is 0 Å². The normalized spacial score (nSPS) is 19.2. The molecule has 2 fully saturated rings. The quantitative estimate of drug-likeness (QED) is 0.635. The van der Waals surface area contributed by atoms with Crippen LogP contribution in [0.5, 0.6) is 0 Å². The third-order valence-corrected chi connectivity index (χ3v) is 4.64. The maximum absolute atomic E-state index is 14.0. The number of rotatable bonds is 6. The molecule has 1 unspecified atom stereocenters. The Morgan fingerprint density at radius 3 is 2.64 bits per heavy atom. The van der Waals surface area contributed by atoms with Crippen molar-refractivity contribution in [3.63, 3.8) is 0 Å². The van der Waals surface area contributed by atoms with Crippen molar-refractivity contribution in [2.75, 3.05) is 50.0 Å². The number of carbonyl (C=O) groups is 2. The number of morpholine rings is 1. The molecule has 0 radical (unpaired) electrons. The van der Waals surface area contributed by atoms with Gasteiger partial charge in [0.1, 0.15) is 5.82 Å². The largest absolute Gasteiger partial charge is 0.379 e. The highest BCUT2D eigenvalue weighted by Gasteiger charge is 2.22. The zero-order valence-corrected chi connectivity index (χ0v) is 17.2. The van der Waals surface area contributed by atoms with Crippen LogP contribution in [0.2, 0.25) is 0 Å². The van der Waals surface area contributed by atoms with Crippen LogP contribution in [0.25, 0.3) is 0 Å². The van der Waals surface area contributed by atoms with Gasteiger partial charge >= 0.3 is 0 Å². The minimum Gasteiger partial charge on any atom is -0.379 e. The van der Waals surface area contributed by atoms with E-state index in [0.29, 0.717) is 25.4 Å². The summed E-state index contributed by atoms with van der Waals surface area (Å²) in [6.07, 6.45) is 2.03. The molecule has 28 heavy (non-hydrogen) atoms. The number of benzene rings is 1. The summed E-state index contributed by atoms with van der Waals surface area (Å²) in [4.78, 5) is 26.4. The molecule has 2 saturated heterocycles. The molecule has 158 valence electrons. The maximum Gasteiger partial charge on any atom is 0.241 e. The molecule has 3 N–H and O–H groups in total. The zero-order valence-electron chi connectivity index (χ0n) is 15.5. The first-order valence-corrected chi connectivity index (χ1v) is 9.05. The smallest absolute Gasteiger partial charge is 0.241 e. The zero-order chi connectivity index (χ0) is 18.4. The van der Waals surface area contributed by atoms with Gasteiger partial charge in [0.05, 0.1) is 24.9 Å². The van der Waals surface area contributed by atoms with E-state index >= 15 is 0 Å². The monoisotopic (exact) mass is 436 g/mol. The molecule has 2 heterocycles. The first-order valence-electron chi connectivity index (χ1n) is 9.05. The summed E-state index contributed by atoms with van der Waals surface area (Å²) >= 11 is 0. The molecule has 1 aromatic carbocycles. The van der Waals surface area contributed by atoms with E-state index < -0.39 is 5.82 Å². The first kappa shape index (κ1) is 24.6. The lowest BCUT2D eigenvalue weighted by Crippen LogP contribution is -2.38. The maximum atomic E-state index is 14.0. The second kappa shape index (κ2) is 12.2. The van der Waals surface area contributed by atoms with Crippen molar-refractivity contribution in [2.45, 2.75) is 25.3 Å². The lowest BCUT2D eigenvalue weighted by Gasteiger charge is -2.26. The highest BCUT2D eigenvalue weighted by Crippen LogP contribution is 2.20. The van der Waals surface area contributed by atoms with Gasteiger partial charge in [0.25, 0.3) is 0 Å². The number of halogens is 3. The Bertz CT molecular complexity index is 654. The van der Waals surface area contributed by atoms with Crippen molar-refractivity contribution in [1.29, 1.82) is 0 Å². The van der Waals surface area contributed by atoms with Crippen LogP contribution < -0.4 is 16.0 Å². The minimum atomic E-state index is -0.526. The average Bonchev–Trinajstić information content (AvgIpc) is 3.18. The van der Waals surface area contributed by atoms with Gasteiger partial charge in [0.2, 0.25) is 11.8 Å². The predicted molar refractivity (Wildman–Crippen MR) is 111 cm³/mol. The van der Waals surface area contributed by atoms with Crippen molar-refractivity contribution >= 4 is 48.0 Å². The fraction of sp³-hybridized carbons (Fsp3) is 0.556. The Morgan fingerprint density at radius 2 is 1.96 bits per heavy atom. The van der Waals surface area contributed by atoms with Crippen molar-refractivity contribution in [1.82, 2.24) is 10.2 Å². The average molecular weight is 437 g/mol. The number of carbonyl (C=O) groups excluding carboxylic acids is 2. The summed E-state index contributed by atoms with van der Waals surface area (Å²) in [5.74, 6) is -0.920. The highest BCUT2D eigenvalue weighted by molar-refractivity contribution is 5.96. The van der Waals surface area contributed by atoms with Gasteiger partial charge in [-0.15, -0.1) is 24.8 Å². The Kier molecular flexibility index (Phi) is 10.7. The fourth-order valence-electron chi connectivity index (χ4n) is 3.13. The van der Waals surface area contributed by atoms with Crippen LogP contribution in [0, 0.1) is 5.82 Å². The van der Waals surface area contributed by atoms with Crippen LogP contribution in [-0.4, -0.2) is 62.1 Å². The lowest BCUT2D eigenvalue weighted by molar-refractivity contribution is -0.118. The third kappa shape index (κ3) is 7.18. The topological polar surface area (TPSA) is 82.7 Å².